The first kappa shape index (κ1) is 19.0. The van der Waals surface area contributed by atoms with Crippen molar-refractivity contribution in [2.24, 2.45) is 5.90 Å². The van der Waals surface area contributed by atoms with Gasteiger partial charge in [0, 0.05) is 30.3 Å². The summed E-state index contributed by atoms with van der Waals surface area (Å²) < 4.78 is 0. The van der Waals surface area contributed by atoms with Crippen molar-refractivity contribution in [1.29, 1.82) is 5.41 Å². The van der Waals surface area contributed by atoms with E-state index in [1.165, 1.54) is 5.57 Å². The van der Waals surface area contributed by atoms with E-state index >= 15 is 0 Å². The molecule has 2 rings (SSSR count). The van der Waals surface area contributed by atoms with Gasteiger partial charge in [-0.15, -0.1) is 0 Å². The van der Waals surface area contributed by atoms with Crippen molar-refractivity contribution in [3.05, 3.63) is 52.6 Å². The van der Waals surface area contributed by atoms with Gasteiger partial charge in [-0.1, -0.05) is 37.0 Å². The van der Waals surface area contributed by atoms with Crippen LogP contribution in [0.1, 0.15) is 49.8 Å². The van der Waals surface area contributed by atoms with Crippen LogP contribution in [-0.2, 0) is 17.9 Å². The number of nitrogens with two attached hydrogens (primary N) is 1. The van der Waals surface area contributed by atoms with E-state index in [4.69, 9.17) is 16.1 Å². The number of hydrogen-bond acceptors (Lipinski definition) is 3. The number of hydrogen-bond donors (Lipinski definition) is 2. The zero-order chi connectivity index (χ0) is 18.2. The van der Waals surface area contributed by atoms with Crippen LogP contribution < -0.4 is 10.8 Å². The molecule has 4 heteroatoms. The van der Waals surface area contributed by atoms with Gasteiger partial charge in [0.2, 0.25) is 0 Å². The van der Waals surface area contributed by atoms with Gasteiger partial charge in [0.25, 0.3) is 0 Å². The maximum absolute atomic E-state index is 7.96. The lowest BCUT2D eigenvalue weighted by atomic mass is 9.91. The second-order valence-electron chi connectivity index (χ2n) is 6.14. The molecule has 1 aliphatic rings. The molecule has 0 heterocycles. The number of anilines is 1. The molecule has 0 saturated carbocycles. The normalized spacial score (nSPS) is 13.0. The Labute approximate surface area is 150 Å². The second-order valence-corrected chi connectivity index (χ2v) is 6.14. The van der Waals surface area contributed by atoms with E-state index in [9.17, 15) is 0 Å². The molecule has 3 N–H and O–H groups in total. The Morgan fingerprint density at radius 3 is 2.72 bits per heavy atom. The summed E-state index contributed by atoms with van der Waals surface area (Å²) >= 11 is 0. The van der Waals surface area contributed by atoms with Crippen molar-refractivity contribution < 1.29 is 4.84 Å². The highest BCUT2D eigenvalue weighted by Crippen LogP contribution is 2.30. The van der Waals surface area contributed by atoms with Gasteiger partial charge >= 0.3 is 0 Å². The predicted octanol–water partition coefficient (Wildman–Crippen LogP) is 4.09. The zero-order valence-corrected chi connectivity index (χ0v) is 15.4. The second kappa shape index (κ2) is 9.22. The SMILES string of the molecule is CCC#Cc1ccc(N(C)C(C)=N)c(CON)c1CC1=CCCC=C1. The Bertz CT molecular complexity index is 750. The van der Waals surface area contributed by atoms with Crippen molar-refractivity contribution in [1.82, 2.24) is 0 Å². The Morgan fingerprint density at radius 2 is 2.12 bits per heavy atom. The Balaban J connectivity index is 2.58. The van der Waals surface area contributed by atoms with Crippen molar-refractivity contribution in [3.8, 4) is 11.8 Å². The fourth-order valence-electron chi connectivity index (χ4n) is 2.93. The molecule has 0 unspecified atom stereocenters. The lowest BCUT2D eigenvalue weighted by molar-refractivity contribution is 0.124. The van der Waals surface area contributed by atoms with Crippen LogP contribution in [0.4, 0.5) is 5.69 Å². The first-order valence-electron chi connectivity index (χ1n) is 8.68. The molecule has 25 heavy (non-hydrogen) atoms. The first-order chi connectivity index (χ1) is 12.1. The molecule has 4 nitrogen and oxygen atoms in total. The molecule has 0 aliphatic heterocycles. The number of rotatable bonds is 5. The third-order valence-electron chi connectivity index (χ3n) is 4.35. The Kier molecular flexibility index (Phi) is 7.00. The molecule has 132 valence electrons. The molecule has 0 amide bonds. The third kappa shape index (κ3) is 4.82. The van der Waals surface area contributed by atoms with Crippen LogP contribution in [0.25, 0.3) is 0 Å². The zero-order valence-electron chi connectivity index (χ0n) is 15.4. The quantitative estimate of drug-likeness (QED) is 0.368. The summed E-state index contributed by atoms with van der Waals surface area (Å²) in [5.41, 5.74) is 5.37. The highest BCUT2D eigenvalue weighted by molar-refractivity contribution is 5.94. The monoisotopic (exact) mass is 337 g/mol. The molecule has 0 atom stereocenters. The van der Waals surface area contributed by atoms with Crippen molar-refractivity contribution >= 4 is 11.5 Å². The maximum atomic E-state index is 7.96. The summed E-state index contributed by atoms with van der Waals surface area (Å²) in [6, 6.07) is 4.04. The Morgan fingerprint density at radius 1 is 1.32 bits per heavy atom. The minimum Gasteiger partial charge on any atom is -0.333 e. The average molecular weight is 337 g/mol. The van der Waals surface area contributed by atoms with Gasteiger partial charge < -0.3 is 4.90 Å². The minimum atomic E-state index is 0.293. The van der Waals surface area contributed by atoms with Gasteiger partial charge in [0.1, 0.15) is 0 Å². The minimum absolute atomic E-state index is 0.293. The third-order valence-corrected chi connectivity index (χ3v) is 4.35. The molecule has 1 aromatic carbocycles. The molecule has 0 fully saturated rings. The van der Waals surface area contributed by atoms with Gasteiger partial charge in [-0.25, -0.2) is 5.90 Å². The highest BCUT2D eigenvalue weighted by Gasteiger charge is 2.17. The fraction of sp³-hybridized carbons (Fsp3) is 0.381. The van der Waals surface area contributed by atoms with Crippen LogP contribution in [-0.4, -0.2) is 12.9 Å². The van der Waals surface area contributed by atoms with Crippen LogP contribution in [0.15, 0.2) is 35.9 Å². The van der Waals surface area contributed by atoms with Crippen LogP contribution in [0.5, 0.6) is 0 Å². The average Bonchev–Trinajstić information content (AvgIpc) is 2.62. The molecule has 0 saturated heterocycles. The largest absolute Gasteiger partial charge is 0.333 e. The van der Waals surface area contributed by atoms with Crippen LogP contribution >= 0.6 is 0 Å². The number of nitrogens with zero attached hydrogens (tertiary/aromatic N) is 1. The number of nitrogens with one attached hydrogen (secondary N) is 1. The fourth-order valence-corrected chi connectivity index (χ4v) is 2.93. The van der Waals surface area contributed by atoms with Crippen molar-refractivity contribution in [3.63, 3.8) is 0 Å². The lowest BCUT2D eigenvalue weighted by Crippen LogP contribution is -2.24. The van der Waals surface area contributed by atoms with E-state index in [1.807, 2.05) is 31.0 Å². The Hall–Kier alpha value is -2.35. The summed E-state index contributed by atoms with van der Waals surface area (Å²) in [6.07, 6.45) is 10.5. The van der Waals surface area contributed by atoms with Crippen LogP contribution in [0, 0.1) is 17.3 Å². The molecule has 0 radical (unpaired) electrons. The van der Waals surface area contributed by atoms with Gasteiger partial charge in [0.15, 0.2) is 0 Å². The number of allylic oxidation sites excluding steroid dienone is 4. The molecule has 0 spiro atoms. The van der Waals surface area contributed by atoms with Crippen molar-refractivity contribution in [2.45, 2.75) is 46.1 Å². The predicted molar refractivity (Wildman–Crippen MR) is 105 cm³/mol. The first-order valence-corrected chi connectivity index (χ1v) is 8.68. The number of benzene rings is 1. The molecule has 1 aromatic rings. The van der Waals surface area contributed by atoms with E-state index < -0.39 is 0 Å². The van der Waals surface area contributed by atoms with E-state index in [0.29, 0.717) is 12.4 Å². The highest BCUT2D eigenvalue weighted by atomic mass is 16.6. The van der Waals surface area contributed by atoms with E-state index in [0.717, 1.165) is 48.1 Å². The van der Waals surface area contributed by atoms with E-state index in [-0.39, 0.29) is 0 Å². The van der Waals surface area contributed by atoms with Gasteiger partial charge in [-0.2, -0.15) is 0 Å². The van der Waals surface area contributed by atoms with E-state index in [2.05, 4.69) is 30.1 Å². The molecule has 1 aliphatic carbocycles. The topological polar surface area (TPSA) is 62.3 Å². The smallest absolute Gasteiger partial charge is 0.0968 e. The van der Waals surface area contributed by atoms with Gasteiger partial charge in [0.05, 0.1) is 12.4 Å². The van der Waals surface area contributed by atoms with Gasteiger partial charge in [-0.05, 0) is 49.5 Å². The molecule has 0 bridgehead atoms. The summed E-state index contributed by atoms with van der Waals surface area (Å²) in [5.74, 6) is 12.3. The number of amidine groups is 1. The maximum Gasteiger partial charge on any atom is 0.0968 e. The van der Waals surface area contributed by atoms with E-state index in [1.54, 1.807) is 6.92 Å². The standard InChI is InChI=1S/C21H27N3O/c1-4-5-11-18-12-13-21(24(3)16(2)22)20(15-25-23)19(18)14-17-9-7-6-8-10-17/h7,9-10,12-13,22H,4,6,8,14-15,23H2,1-3H3. The molecular weight excluding hydrogens is 310 g/mol. The summed E-state index contributed by atoms with van der Waals surface area (Å²) in [6.45, 7) is 4.11. The summed E-state index contributed by atoms with van der Waals surface area (Å²) in [4.78, 5) is 6.85. The lowest BCUT2D eigenvalue weighted by Gasteiger charge is -2.24. The molecular formula is C21H27N3O. The molecule has 0 aromatic heterocycles. The summed E-state index contributed by atoms with van der Waals surface area (Å²) in [7, 11) is 1.89. The summed E-state index contributed by atoms with van der Waals surface area (Å²) in [5, 5.41) is 7.96. The van der Waals surface area contributed by atoms with Crippen LogP contribution in [0.3, 0.4) is 0 Å². The van der Waals surface area contributed by atoms with Gasteiger partial charge in [-0.3, -0.25) is 10.2 Å². The van der Waals surface area contributed by atoms with Crippen molar-refractivity contribution in [2.75, 3.05) is 11.9 Å². The van der Waals surface area contributed by atoms with Crippen LogP contribution in [0.2, 0.25) is 0 Å².